The quantitative estimate of drug-likeness (QED) is 0.322. The van der Waals surface area contributed by atoms with Crippen molar-refractivity contribution < 1.29 is 53.8 Å². The molecule has 2 aromatic carbocycles. The first-order valence-electron chi connectivity index (χ1n) is 12.8. The Morgan fingerprint density at radius 1 is 0.929 bits per heavy atom. The highest BCUT2D eigenvalue weighted by molar-refractivity contribution is 5.93. The van der Waals surface area contributed by atoms with Crippen LogP contribution in [0.5, 0.6) is 0 Å². The highest BCUT2D eigenvalue weighted by Crippen LogP contribution is 2.42. The van der Waals surface area contributed by atoms with Crippen LogP contribution in [0.2, 0.25) is 0 Å². The number of benzene rings is 2. The molecule has 0 radical (unpaired) electrons. The van der Waals surface area contributed by atoms with Gasteiger partial charge < -0.3 is 10.1 Å². The van der Waals surface area contributed by atoms with Crippen LogP contribution in [0.25, 0.3) is 0 Å². The molecule has 1 saturated heterocycles. The molecule has 3 amide bonds. The van der Waals surface area contributed by atoms with Crippen molar-refractivity contribution >= 4 is 17.8 Å². The molecule has 0 saturated carbocycles. The Balaban J connectivity index is 2.08. The molecule has 6 nitrogen and oxygen atoms in total. The molecular formula is C27H28F9N3O3. The molecule has 0 spiro atoms. The van der Waals surface area contributed by atoms with E-state index in [1.165, 1.54) is 11.8 Å². The van der Waals surface area contributed by atoms with E-state index in [9.17, 15) is 49.1 Å². The minimum Gasteiger partial charge on any atom is -0.439 e. The summed E-state index contributed by atoms with van der Waals surface area (Å²) in [5, 5.41) is 2.57. The first-order valence-corrected chi connectivity index (χ1v) is 12.8. The molecular weight excluding hydrogens is 585 g/mol. The van der Waals surface area contributed by atoms with Crippen molar-refractivity contribution in [2.24, 2.45) is 5.92 Å². The Bertz CT molecular complexity index is 1270. The zero-order valence-electron chi connectivity index (χ0n) is 22.8. The molecule has 0 aliphatic carbocycles. The highest BCUT2D eigenvalue weighted by Gasteiger charge is 2.44. The van der Waals surface area contributed by atoms with E-state index in [4.69, 9.17) is 4.74 Å². The van der Waals surface area contributed by atoms with Crippen molar-refractivity contribution in [1.29, 1.82) is 0 Å². The number of anilines is 1. The van der Waals surface area contributed by atoms with Crippen molar-refractivity contribution in [3.05, 3.63) is 64.2 Å². The number of urea groups is 1. The third-order valence-electron chi connectivity index (χ3n) is 6.49. The lowest BCUT2D eigenvalue weighted by Crippen LogP contribution is -2.43. The molecule has 1 fully saturated rings. The number of hydrogen-bond acceptors (Lipinski definition) is 3. The molecule has 0 unspecified atom stereocenters. The maximum absolute atomic E-state index is 13.6. The Hall–Kier alpha value is -3.65. The van der Waals surface area contributed by atoms with Crippen LogP contribution in [0.4, 0.5) is 54.8 Å². The average Bonchev–Trinajstić information content (AvgIpc) is 3.14. The van der Waals surface area contributed by atoms with Gasteiger partial charge >= 0.3 is 30.7 Å². The van der Waals surface area contributed by atoms with Gasteiger partial charge in [0.2, 0.25) is 0 Å². The maximum Gasteiger partial charge on any atom is 0.416 e. The van der Waals surface area contributed by atoms with E-state index in [1.54, 1.807) is 20.8 Å². The van der Waals surface area contributed by atoms with Crippen LogP contribution >= 0.6 is 0 Å². The van der Waals surface area contributed by atoms with E-state index in [2.05, 4.69) is 5.32 Å². The summed E-state index contributed by atoms with van der Waals surface area (Å²) in [4.78, 5) is 27.8. The number of cyclic esters (lactones) is 1. The number of alkyl halides is 9. The van der Waals surface area contributed by atoms with Crippen LogP contribution in [0.3, 0.4) is 0 Å². The maximum atomic E-state index is 13.6. The van der Waals surface area contributed by atoms with Crippen LogP contribution in [0.15, 0.2) is 36.4 Å². The average molecular weight is 614 g/mol. The lowest BCUT2D eigenvalue weighted by atomic mass is 9.97. The second-order valence-electron chi connectivity index (χ2n) is 10.2. The number of nitrogens with zero attached hydrogens (tertiary/aromatic N) is 2. The summed E-state index contributed by atoms with van der Waals surface area (Å²) < 4.78 is 127. The van der Waals surface area contributed by atoms with Gasteiger partial charge in [-0.05, 0) is 67.3 Å². The monoisotopic (exact) mass is 613 g/mol. The molecule has 1 aliphatic heterocycles. The topological polar surface area (TPSA) is 61.9 Å². The molecule has 2 atom stereocenters. The van der Waals surface area contributed by atoms with Crippen molar-refractivity contribution in [3.8, 4) is 0 Å². The predicted octanol–water partition coefficient (Wildman–Crippen LogP) is 8.02. The molecule has 1 N–H and O–H groups in total. The summed E-state index contributed by atoms with van der Waals surface area (Å²) >= 11 is 0. The van der Waals surface area contributed by atoms with E-state index >= 15 is 0 Å². The van der Waals surface area contributed by atoms with Gasteiger partial charge in [0.1, 0.15) is 6.10 Å². The molecule has 42 heavy (non-hydrogen) atoms. The summed E-state index contributed by atoms with van der Waals surface area (Å²) in [6, 6.07) is 1.55. The third kappa shape index (κ3) is 7.40. The van der Waals surface area contributed by atoms with Crippen molar-refractivity contribution in [1.82, 2.24) is 10.2 Å². The molecule has 232 valence electrons. The van der Waals surface area contributed by atoms with Crippen LogP contribution in [0, 0.1) is 5.92 Å². The van der Waals surface area contributed by atoms with E-state index in [-0.39, 0.29) is 36.3 Å². The number of hydrogen-bond donors (Lipinski definition) is 1. The van der Waals surface area contributed by atoms with Crippen LogP contribution in [-0.2, 0) is 29.8 Å². The Labute approximate surface area is 235 Å². The lowest BCUT2D eigenvalue weighted by Gasteiger charge is -2.29. The van der Waals surface area contributed by atoms with E-state index in [0.29, 0.717) is 12.1 Å². The van der Waals surface area contributed by atoms with Gasteiger partial charge in [0.15, 0.2) is 0 Å². The summed E-state index contributed by atoms with van der Waals surface area (Å²) in [6.45, 7) is 6.16. The second-order valence-corrected chi connectivity index (χ2v) is 10.2. The number of carbonyl (C=O) groups excluding carboxylic acids is 2. The SMILES string of the molecule is CCNC(=O)N(CC(C)C)c1ccc(C(F)(F)F)cc1CN1C(=O)O[C@H](c2cc(C(F)(F)F)cc(C(F)(F)F)c2)[C@@H]1C. The predicted molar refractivity (Wildman–Crippen MR) is 133 cm³/mol. The van der Waals surface area contributed by atoms with E-state index in [1.807, 2.05) is 0 Å². The number of rotatable bonds is 7. The largest absolute Gasteiger partial charge is 0.439 e. The number of amides is 3. The normalized spacial score (nSPS) is 18.0. The highest BCUT2D eigenvalue weighted by atomic mass is 19.4. The minimum atomic E-state index is -5.15. The number of ether oxygens (including phenoxy) is 1. The zero-order chi connectivity index (χ0) is 31.8. The van der Waals surface area contributed by atoms with Gasteiger partial charge in [-0.1, -0.05) is 13.8 Å². The number of halogens is 9. The molecule has 15 heteroatoms. The zero-order valence-corrected chi connectivity index (χ0v) is 22.8. The van der Waals surface area contributed by atoms with Gasteiger partial charge in [-0.3, -0.25) is 9.80 Å². The smallest absolute Gasteiger partial charge is 0.416 e. The van der Waals surface area contributed by atoms with Gasteiger partial charge in [0, 0.05) is 13.1 Å². The fraction of sp³-hybridized carbons (Fsp3) is 0.481. The van der Waals surface area contributed by atoms with E-state index in [0.717, 1.165) is 23.1 Å². The van der Waals surface area contributed by atoms with Gasteiger partial charge in [-0.2, -0.15) is 39.5 Å². The van der Waals surface area contributed by atoms with Gasteiger partial charge in [-0.15, -0.1) is 0 Å². The standard InChI is InChI=1S/C27H28F9N3O3/c1-5-37-23(40)39(12-14(2)3)21-7-6-18(25(28,29)30)10-17(21)13-38-15(4)22(42-24(38)41)16-8-19(26(31,32)33)11-20(9-16)27(34,35)36/h6-11,14-15,22H,5,12-13H2,1-4H3,(H,37,40)/t15-,22-/m0/s1. The van der Waals surface area contributed by atoms with Crippen molar-refractivity contribution in [2.75, 3.05) is 18.0 Å². The van der Waals surface area contributed by atoms with Crippen LogP contribution in [0.1, 0.15) is 61.6 Å². The summed E-state index contributed by atoms with van der Waals surface area (Å²) in [5.74, 6) is -0.133. The molecule has 2 aromatic rings. The van der Waals surface area contributed by atoms with Gasteiger partial charge in [0.25, 0.3) is 0 Å². The van der Waals surface area contributed by atoms with Crippen molar-refractivity contribution in [2.45, 2.75) is 64.9 Å². The molecule has 0 bridgehead atoms. The molecule has 1 aliphatic rings. The first-order chi connectivity index (χ1) is 19.2. The summed E-state index contributed by atoms with van der Waals surface area (Å²) in [7, 11) is 0. The number of carbonyl (C=O) groups is 2. The van der Waals surface area contributed by atoms with Gasteiger partial charge in [-0.25, -0.2) is 9.59 Å². The van der Waals surface area contributed by atoms with Crippen molar-refractivity contribution in [3.63, 3.8) is 0 Å². The molecule has 0 aromatic heterocycles. The van der Waals surface area contributed by atoms with Crippen LogP contribution in [-0.4, -0.2) is 36.2 Å². The minimum absolute atomic E-state index is 0.0320. The second kappa shape index (κ2) is 11.9. The Kier molecular flexibility index (Phi) is 9.32. The Morgan fingerprint density at radius 3 is 1.95 bits per heavy atom. The number of nitrogens with one attached hydrogen (secondary N) is 1. The molecule has 1 heterocycles. The summed E-state index contributed by atoms with van der Waals surface area (Å²) in [5.41, 5.74) is -5.01. The lowest BCUT2D eigenvalue weighted by molar-refractivity contribution is -0.143. The summed E-state index contributed by atoms with van der Waals surface area (Å²) in [6.07, 6.45) is -17.9. The Morgan fingerprint density at radius 2 is 1.48 bits per heavy atom. The van der Waals surface area contributed by atoms with Crippen LogP contribution < -0.4 is 10.2 Å². The van der Waals surface area contributed by atoms with E-state index < -0.39 is 71.6 Å². The fourth-order valence-corrected chi connectivity index (χ4v) is 4.54. The molecule has 3 rings (SSSR count). The fourth-order valence-electron chi connectivity index (χ4n) is 4.54. The first kappa shape index (κ1) is 32.9. The third-order valence-corrected chi connectivity index (χ3v) is 6.49. The van der Waals surface area contributed by atoms with Gasteiger partial charge in [0.05, 0.1) is 35.0 Å².